The molecule has 1 aliphatic rings. The number of carbonyl (C=O) groups is 2. The van der Waals surface area contributed by atoms with Crippen molar-refractivity contribution >= 4 is 11.9 Å². The first-order chi connectivity index (χ1) is 11.1. The second-order valence-electron chi connectivity index (χ2n) is 4.99. The number of hydrogen-bond acceptors (Lipinski definition) is 5. The predicted molar refractivity (Wildman–Crippen MR) is 79.1 cm³/mol. The second-order valence-corrected chi connectivity index (χ2v) is 4.99. The molecule has 1 aromatic heterocycles. The molecule has 1 amide bonds. The molecule has 0 unspecified atom stereocenters. The van der Waals surface area contributed by atoms with Crippen LogP contribution in [0.15, 0.2) is 34.9 Å². The Morgan fingerprint density at radius 3 is 2.65 bits per heavy atom. The van der Waals surface area contributed by atoms with Gasteiger partial charge >= 0.3 is 5.97 Å². The number of rotatable bonds is 5. The minimum atomic E-state index is -1.14. The van der Waals surface area contributed by atoms with Gasteiger partial charge < -0.3 is 24.3 Å². The molecule has 3 rings (SSSR count). The molecule has 0 radical (unpaired) electrons. The molecule has 0 spiro atoms. The number of carbonyl (C=O) groups excluding carboxylic acids is 1. The lowest BCUT2D eigenvalue weighted by Crippen LogP contribution is -2.25. The van der Waals surface area contributed by atoms with Crippen LogP contribution in [0, 0.1) is 0 Å². The Labute approximate surface area is 131 Å². The molecule has 7 heteroatoms. The van der Waals surface area contributed by atoms with Crippen LogP contribution in [0.4, 0.5) is 0 Å². The summed E-state index contributed by atoms with van der Waals surface area (Å²) in [5.74, 6) is -0.179. The number of amides is 1. The van der Waals surface area contributed by atoms with Gasteiger partial charge in [0.2, 0.25) is 0 Å². The molecule has 0 bridgehead atoms. The van der Waals surface area contributed by atoms with Gasteiger partial charge in [-0.1, -0.05) is 6.07 Å². The van der Waals surface area contributed by atoms with Gasteiger partial charge in [-0.2, -0.15) is 0 Å². The zero-order chi connectivity index (χ0) is 16.2. The van der Waals surface area contributed by atoms with Gasteiger partial charge in [-0.25, -0.2) is 4.79 Å². The molecule has 1 aliphatic heterocycles. The van der Waals surface area contributed by atoms with E-state index in [0.29, 0.717) is 31.9 Å². The number of nitrogens with one attached hydrogen (secondary N) is 1. The first-order valence-electron chi connectivity index (χ1n) is 7.12. The highest BCUT2D eigenvalue weighted by Gasteiger charge is 2.15. The monoisotopic (exact) mass is 317 g/mol. The van der Waals surface area contributed by atoms with Crippen LogP contribution in [0.5, 0.6) is 11.5 Å². The summed E-state index contributed by atoms with van der Waals surface area (Å²) in [6.45, 7) is 1.46. The van der Waals surface area contributed by atoms with Crippen LogP contribution in [0.25, 0.3) is 0 Å². The van der Waals surface area contributed by atoms with E-state index in [4.69, 9.17) is 19.0 Å². The summed E-state index contributed by atoms with van der Waals surface area (Å²) in [6.07, 6.45) is 1.65. The van der Waals surface area contributed by atoms with Gasteiger partial charge in [0.25, 0.3) is 5.91 Å². The average molecular weight is 317 g/mol. The third-order valence-electron chi connectivity index (χ3n) is 3.38. The smallest absolute Gasteiger partial charge is 0.338 e. The molecular weight excluding hydrogens is 302 g/mol. The molecule has 0 saturated carbocycles. The maximum absolute atomic E-state index is 11.9. The Bertz CT molecular complexity index is 736. The van der Waals surface area contributed by atoms with Gasteiger partial charge in [0, 0.05) is 12.6 Å². The van der Waals surface area contributed by atoms with Crippen LogP contribution in [0.1, 0.15) is 26.5 Å². The number of fused-ring (bicyclic) bond motifs is 1. The third-order valence-corrected chi connectivity index (χ3v) is 3.38. The van der Waals surface area contributed by atoms with Crippen LogP contribution < -0.4 is 14.8 Å². The summed E-state index contributed by atoms with van der Waals surface area (Å²) in [4.78, 5) is 22.6. The highest BCUT2D eigenvalue weighted by molar-refractivity contribution is 5.95. The summed E-state index contributed by atoms with van der Waals surface area (Å²) in [5.41, 5.74) is 0.946. The maximum atomic E-state index is 11.9. The Hall–Kier alpha value is -2.96. The van der Waals surface area contributed by atoms with Gasteiger partial charge in [-0.05, 0) is 24.1 Å². The van der Waals surface area contributed by atoms with Crippen LogP contribution in [-0.2, 0) is 6.42 Å². The van der Waals surface area contributed by atoms with Crippen molar-refractivity contribution < 1.29 is 28.6 Å². The van der Waals surface area contributed by atoms with Crippen molar-refractivity contribution in [1.82, 2.24) is 5.32 Å². The fourth-order valence-electron chi connectivity index (χ4n) is 2.22. The predicted octanol–water partition coefficient (Wildman–Crippen LogP) is 1.72. The van der Waals surface area contributed by atoms with Crippen molar-refractivity contribution in [2.75, 3.05) is 19.8 Å². The number of furan rings is 1. The third kappa shape index (κ3) is 3.45. The Kier molecular flexibility index (Phi) is 4.18. The lowest BCUT2D eigenvalue weighted by molar-refractivity contribution is 0.0696. The van der Waals surface area contributed by atoms with Crippen LogP contribution >= 0.6 is 0 Å². The number of carboxylic acids is 1. The molecule has 2 aromatic rings. The molecular formula is C16H15NO6. The summed E-state index contributed by atoms with van der Waals surface area (Å²) < 4.78 is 15.9. The lowest BCUT2D eigenvalue weighted by atomic mass is 10.1. The second kappa shape index (κ2) is 6.43. The van der Waals surface area contributed by atoms with E-state index in [9.17, 15) is 9.59 Å². The normalized spacial score (nSPS) is 12.7. The van der Waals surface area contributed by atoms with Crippen LogP contribution in [-0.4, -0.2) is 36.7 Å². The Morgan fingerprint density at radius 1 is 1.13 bits per heavy atom. The van der Waals surface area contributed by atoms with E-state index >= 15 is 0 Å². The average Bonchev–Trinajstić information content (AvgIpc) is 3.05. The zero-order valence-electron chi connectivity index (χ0n) is 12.2. The Morgan fingerprint density at radius 2 is 1.91 bits per heavy atom. The quantitative estimate of drug-likeness (QED) is 0.871. The molecule has 0 atom stereocenters. The van der Waals surface area contributed by atoms with E-state index in [1.54, 1.807) is 0 Å². The molecule has 1 aromatic carbocycles. The Balaban J connectivity index is 1.54. The van der Waals surface area contributed by atoms with E-state index in [1.807, 2.05) is 18.2 Å². The van der Waals surface area contributed by atoms with Crippen molar-refractivity contribution in [3.05, 3.63) is 47.4 Å². The maximum Gasteiger partial charge on any atom is 0.338 e. The van der Waals surface area contributed by atoms with Gasteiger partial charge in [0.15, 0.2) is 17.3 Å². The molecule has 120 valence electrons. The number of benzene rings is 1. The molecule has 0 saturated heterocycles. The topological polar surface area (TPSA) is 98.0 Å². The minimum Gasteiger partial charge on any atom is -0.486 e. The highest BCUT2D eigenvalue weighted by Crippen LogP contribution is 2.30. The number of aromatic carboxylic acids is 1. The van der Waals surface area contributed by atoms with Gasteiger partial charge in [-0.3, -0.25) is 4.79 Å². The zero-order valence-corrected chi connectivity index (χ0v) is 12.2. The van der Waals surface area contributed by atoms with Crippen molar-refractivity contribution in [2.45, 2.75) is 6.42 Å². The number of ether oxygens (including phenoxy) is 2. The van der Waals surface area contributed by atoms with Crippen LogP contribution in [0.2, 0.25) is 0 Å². The van der Waals surface area contributed by atoms with Gasteiger partial charge in [0.05, 0.1) is 5.56 Å². The van der Waals surface area contributed by atoms with E-state index < -0.39 is 11.9 Å². The fourth-order valence-corrected chi connectivity index (χ4v) is 2.22. The number of hydrogen-bond donors (Lipinski definition) is 2. The lowest BCUT2D eigenvalue weighted by Gasteiger charge is -2.18. The first-order valence-corrected chi connectivity index (χ1v) is 7.12. The molecule has 0 fully saturated rings. The van der Waals surface area contributed by atoms with E-state index in [2.05, 4.69) is 5.32 Å². The summed E-state index contributed by atoms with van der Waals surface area (Å²) >= 11 is 0. The summed E-state index contributed by atoms with van der Waals surface area (Å²) in [6, 6.07) is 6.84. The minimum absolute atomic E-state index is 0.0235. The molecule has 2 N–H and O–H groups in total. The van der Waals surface area contributed by atoms with Gasteiger partial charge in [-0.15, -0.1) is 0 Å². The summed E-state index contributed by atoms with van der Waals surface area (Å²) in [5, 5.41) is 11.5. The van der Waals surface area contributed by atoms with E-state index in [1.165, 1.54) is 6.07 Å². The van der Waals surface area contributed by atoms with Crippen LogP contribution in [0.3, 0.4) is 0 Å². The van der Waals surface area contributed by atoms with Crippen molar-refractivity contribution in [3.8, 4) is 11.5 Å². The van der Waals surface area contributed by atoms with Crippen molar-refractivity contribution in [3.63, 3.8) is 0 Å². The molecule has 7 nitrogen and oxygen atoms in total. The largest absolute Gasteiger partial charge is 0.486 e. The standard InChI is InChI=1S/C16H15NO6/c18-15(14-8-11(9-23-14)16(19)20)17-4-3-10-1-2-12-13(7-10)22-6-5-21-12/h1-2,7-9H,3-6H2,(H,17,18)(H,19,20). The molecule has 2 heterocycles. The summed E-state index contributed by atoms with van der Waals surface area (Å²) in [7, 11) is 0. The van der Waals surface area contributed by atoms with Crippen molar-refractivity contribution in [1.29, 1.82) is 0 Å². The van der Waals surface area contributed by atoms with E-state index in [0.717, 1.165) is 17.6 Å². The first kappa shape index (κ1) is 15.0. The van der Waals surface area contributed by atoms with Crippen molar-refractivity contribution in [2.24, 2.45) is 0 Å². The SMILES string of the molecule is O=C(O)c1coc(C(=O)NCCc2ccc3c(c2)OCCO3)c1. The van der Waals surface area contributed by atoms with Gasteiger partial charge in [0.1, 0.15) is 19.5 Å². The number of carboxylic acid groups (broad SMARTS) is 1. The van der Waals surface area contributed by atoms with E-state index in [-0.39, 0.29) is 11.3 Å². The molecule has 0 aliphatic carbocycles. The fraction of sp³-hybridized carbons (Fsp3) is 0.250. The molecule has 23 heavy (non-hydrogen) atoms. The highest BCUT2D eigenvalue weighted by atomic mass is 16.6.